The van der Waals surface area contributed by atoms with Crippen molar-refractivity contribution in [2.45, 2.75) is 59.5 Å². The van der Waals surface area contributed by atoms with Crippen LogP contribution in [0.2, 0.25) is 5.02 Å². The predicted molar refractivity (Wildman–Crippen MR) is 137 cm³/mol. The van der Waals surface area contributed by atoms with Crippen LogP contribution in [0.25, 0.3) is 10.2 Å². The third kappa shape index (κ3) is 4.88. The van der Waals surface area contributed by atoms with Crippen LogP contribution in [0.3, 0.4) is 0 Å². The standard InChI is InChI=1S/C25H29ClN4O3S/c1-13-6-5-7-19(15(13)3)29-23(32)22-16(4)21-24(34-22)27-12-30(25(21)33)11-20(31)28-17-9-8-14(2)18(26)10-17/h8-10,12-13,15,19H,5-7,11H2,1-4H3,(H,28,31)(H,29,32). The van der Waals surface area contributed by atoms with Crippen LogP contribution in [0.15, 0.2) is 29.3 Å². The maximum absolute atomic E-state index is 13.2. The number of thiophene rings is 1. The zero-order valence-electron chi connectivity index (χ0n) is 19.8. The fourth-order valence-corrected chi connectivity index (χ4v) is 5.76. The number of hydrogen-bond acceptors (Lipinski definition) is 5. The minimum Gasteiger partial charge on any atom is -0.348 e. The van der Waals surface area contributed by atoms with Crippen LogP contribution in [-0.4, -0.2) is 27.4 Å². The van der Waals surface area contributed by atoms with E-state index in [1.807, 2.05) is 13.0 Å². The summed E-state index contributed by atoms with van der Waals surface area (Å²) in [5.41, 5.74) is 1.73. The van der Waals surface area contributed by atoms with E-state index in [9.17, 15) is 14.4 Å². The number of benzene rings is 1. The lowest BCUT2D eigenvalue weighted by atomic mass is 9.78. The Morgan fingerprint density at radius 3 is 2.74 bits per heavy atom. The number of nitrogens with zero attached hydrogens (tertiary/aromatic N) is 2. The Balaban J connectivity index is 1.53. The molecule has 2 amide bonds. The summed E-state index contributed by atoms with van der Waals surface area (Å²) >= 11 is 7.34. The summed E-state index contributed by atoms with van der Waals surface area (Å²) < 4.78 is 1.26. The fraction of sp³-hybridized carbons (Fsp3) is 0.440. The Kier molecular flexibility index (Phi) is 7.09. The van der Waals surface area contributed by atoms with Crippen LogP contribution >= 0.6 is 22.9 Å². The van der Waals surface area contributed by atoms with E-state index in [1.165, 1.54) is 28.7 Å². The number of rotatable bonds is 5. The molecular formula is C25H29ClN4O3S. The highest BCUT2D eigenvalue weighted by molar-refractivity contribution is 7.20. The van der Waals surface area contributed by atoms with Gasteiger partial charge in [-0.2, -0.15) is 0 Å². The number of hydrogen-bond donors (Lipinski definition) is 2. The topological polar surface area (TPSA) is 93.1 Å². The van der Waals surface area contributed by atoms with Crippen molar-refractivity contribution in [2.75, 3.05) is 5.32 Å². The highest BCUT2D eigenvalue weighted by Gasteiger charge is 2.29. The second-order valence-electron chi connectivity index (χ2n) is 9.27. The third-order valence-corrected chi connectivity index (χ3v) is 8.52. The first-order valence-electron chi connectivity index (χ1n) is 11.5. The van der Waals surface area contributed by atoms with Crippen molar-refractivity contribution in [3.63, 3.8) is 0 Å². The Bertz CT molecular complexity index is 1320. The molecule has 1 saturated carbocycles. The molecule has 0 spiro atoms. The van der Waals surface area contributed by atoms with E-state index < -0.39 is 0 Å². The van der Waals surface area contributed by atoms with Crippen LogP contribution in [0, 0.1) is 25.7 Å². The van der Waals surface area contributed by atoms with Crippen LogP contribution in [0.4, 0.5) is 5.69 Å². The maximum Gasteiger partial charge on any atom is 0.262 e. The summed E-state index contributed by atoms with van der Waals surface area (Å²) in [6, 6.07) is 5.36. The van der Waals surface area contributed by atoms with Crippen LogP contribution in [-0.2, 0) is 11.3 Å². The third-order valence-electron chi connectivity index (χ3n) is 6.92. The summed E-state index contributed by atoms with van der Waals surface area (Å²) in [6.45, 7) is 7.86. The first-order chi connectivity index (χ1) is 16.2. The minimum atomic E-state index is -0.366. The summed E-state index contributed by atoms with van der Waals surface area (Å²) in [5.74, 6) is 0.448. The van der Waals surface area contributed by atoms with Gasteiger partial charge in [0.05, 0.1) is 16.6 Å². The summed E-state index contributed by atoms with van der Waals surface area (Å²) in [4.78, 5) is 44.1. The number of anilines is 1. The lowest BCUT2D eigenvalue weighted by Crippen LogP contribution is -2.43. The summed E-state index contributed by atoms with van der Waals surface area (Å²) in [6.07, 6.45) is 4.61. The average molecular weight is 501 g/mol. The maximum atomic E-state index is 13.2. The molecule has 3 aromatic rings. The lowest BCUT2D eigenvalue weighted by Gasteiger charge is -2.34. The van der Waals surface area contributed by atoms with Gasteiger partial charge in [-0.3, -0.25) is 19.0 Å². The lowest BCUT2D eigenvalue weighted by molar-refractivity contribution is -0.116. The second-order valence-corrected chi connectivity index (χ2v) is 10.7. The van der Waals surface area contributed by atoms with Crippen molar-refractivity contribution >= 4 is 50.7 Å². The van der Waals surface area contributed by atoms with Gasteiger partial charge in [-0.15, -0.1) is 11.3 Å². The van der Waals surface area contributed by atoms with E-state index in [4.69, 9.17) is 11.6 Å². The highest BCUT2D eigenvalue weighted by atomic mass is 35.5. The fourth-order valence-electron chi connectivity index (χ4n) is 4.53. The Morgan fingerprint density at radius 1 is 1.24 bits per heavy atom. The van der Waals surface area contributed by atoms with Gasteiger partial charge in [0.1, 0.15) is 11.4 Å². The van der Waals surface area contributed by atoms with Crippen molar-refractivity contribution in [3.05, 3.63) is 55.9 Å². The molecule has 4 rings (SSSR count). The molecule has 2 N–H and O–H groups in total. The number of halogens is 1. The van der Waals surface area contributed by atoms with Crippen molar-refractivity contribution < 1.29 is 9.59 Å². The molecule has 0 radical (unpaired) electrons. The van der Waals surface area contributed by atoms with Crippen LogP contribution < -0.4 is 16.2 Å². The first-order valence-corrected chi connectivity index (χ1v) is 12.7. The Hall–Kier alpha value is -2.71. The monoisotopic (exact) mass is 500 g/mol. The molecule has 1 fully saturated rings. The molecule has 3 atom stereocenters. The molecule has 34 heavy (non-hydrogen) atoms. The van der Waals surface area contributed by atoms with Crippen molar-refractivity contribution in [1.29, 1.82) is 0 Å². The molecule has 1 aliphatic rings. The molecule has 180 valence electrons. The largest absolute Gasteiger partial charge is 0.348 e. The van der Waals surface area contributed by atoms with E-state index in [0.717, 1.165) is 18.4 Å². The summed E-state index contributed by atoms with van der Waals surface area (Å²) in [7, 11) is 0. The molecule has 0 bridgehead atoms. The van der Waals surface area contributed by atoms with Crippen molar-refractivity contribution in [3.8, 4) is 0 Å². The van der Waals surface area contributed by atoms with E-state index in [2.05, 4.69) is 29.5 Å². The van der Waals surface area contributed by atoms with Crippen molar-refractivity contribution in [1.82, 2.24) is 14.9 Å². The Morgan fingerprint density at radius 2 is 2.00 bits per heavy atom. The molecular weight excluding hydrogens is 472 g/mol. The normalized spacial score (nSPS) is 20.3. The van der Waals surface area contributed by atoms with E-state index in [1.54, 1.807) is 19.1 Å². The molecule has 1 aliphatic carbocycles. The van der Waals surface area contributed by atoms with Gasteiger partial charge < -0.3 is 10.6 Å². The smallest absolute Gasteiger partial charge is 0.262 e. The SMILES string of the molecule is Cc1ccc(NC(=O)Cn2cnc3sc(C(=O)NC4CCCC(C)C4C)c(C)c3c2=O)cc1Cl. The molecule has 9 heteroatoms. The van der Waals surface area contributed by atoms with Gasteiger partial charge in [0.2, 0.25) is 5.91 Å². The number of aromatic nitrogens is 2. The van der Waals surface area contributed by atoms with Gasteiger partial charge in [0.25, 0.3) is 11.5 Å². The average Bonchev–Trinajstić information content (AvgIpc) is 3.13. The molecule has 2 heterocycles. The second kappa shape index (κ2) is 9.88. The van der Waals surface area contributed by atoms with Gasteiger partial charge in [0, 0.05) is 16.8 Å². The zero-order chi connectivity index (χ0) is 24.6. The molecule has 2 aromatic heterocycles. The van der Waals surface area contributed by atoms with Crippen LogP contribution in [0.1, 0.15) is 53.9 Å². The van der Waals surface area contributed by atoms with Crippen LogP contribution in [0.5, 0.6) is 0 Å². The van der Waals surface area contributed by atoms with E-state index in [0.29, 0.717) is 43.2 Å². The van der Waals surface area contributed by atoms with Gasteiger partial charge in [-0.05, 0) is 55.4 Å². The number of amides is 2. The zero-order valence-corrected chi connectivity index (χ0v) is 21.3. The van der Waals surface area contributed by atoms with Gasteiger partial charge in [0.15, 0.2) is 0 Å². The minimum absolute atomic E-state index is 0.129. The van der Waals surface area contributed by atoms with Crippen molar-refractivity contribution in [2.24, 2.45) is 11.8 Å². The quantitative estimate of drug-likeness (QED) is 0.520. The number of aryl methyl sites for hydroxylation is 2. The molecule has 7 nitrogen and oxygen atoms in total. The van der Waals surface area contributed by atoms with E-state index in [-0.39, 0.29) is 30.0 Å². The number of nitrogens with one attached hydrogen (secondary N) is 2. The molecule has 0 aliphatic heterocycles. The number of fused-ring (bicyclic) bond motifs is 1. The predicted octanol–water partition coefficient (Wildman–Crippen LogP) is 4.92. The molecule has 1 aromatic carbocycles. The molecule has 0 saturated heterocycles. The first kappa shape index (κ1) is 24.4. The van der Waals surface area contributed by atoms with Gasteiger partial charge in [-0.1, -0.05) is 44.4 Å². The highest BCUT2D eigenvalue weighted by Crippen LogP contribution is 2.31. The number of carbonyl (C=O) groups is 2. The Labute approximate surface area is 207 Å². The van der Waals surface area contributed by atoms with Gasteiger partial charge >= 0.3 is 0 Å². The number of carbonyl (C=O) groups excluding carboxylic acids is 2. The molecule has 3 unspecified atom stereocenters. The summed E-state index contributed by atoms with van der Waals surface area (Å²) in [5, 5.41) is 6.87. The van der Waals surface area contributed by atoms with Gasteiger partial charge in [-0.25, -0.2) is 4.98 Å². The van der Waals surface area contributed by atoms with E-state index >= 15 is 0 Å².